The number of rotatable bonds is 5. The SMILES string of the molecule is C/C(=C/CNC(C)c1cc(C)oc1C)C(=O)O. The van der Waals surface area contributed by atoms with E-state index in [1.165, 1.54) is 0 Å². The van der Waals surface area contributed by atoms with Crippen molar-refractivity contribution in [3.8, 4) is 0 Å². The van der Waals surface area contributed by atoms with Gasteiger partial charge in [-0.15, -0.1) is 0 Å². The molecule has 1 atom stereocenters. The Kier molecular flexibility index (Phi) is 4.52. The number of carboxylic acids is 1. The minimum Gasteiger partial charge on any atom is -0.478 e. The van der Waals surface area contributed by atoms with Crippen molar-refractivity contribution >= 4 is 5.97 Å². The van der Waals surface area contributed by atoms with Crippen LogP contribution in [0.25, 0.3) is 0 Å². The summed E-state index contributed by atoms with van der Waals surface area (Å²) >= 11 is 0. The molecular weight excluding hydrogens is 218 g/mol. The molecular formula is C13H19NO3. The van der Waals surface area contributed by atoms with Gasteiger partial charge in [0.05, 0.1) is 0 Å². The van der Waals surface area contributed by atoms with Crippen LogP contribution < -0.4 is 5.32 Å². The monoisotopic (exact) mass is 237 g/mol. The van der Waals surface area contributed by atoms with E-state index in [2.05, 4.69) is 5.32 Å². The molecule has 0 fully saturated rings. The molecule has 0 amide bonds. The largest absolute Gasteiger partial charge is 0.478 e. The highest BCUT2D eigenvalue weighted by molar-refractivity contribution is 5.85. The molecule has 0 aromatic carbocycles. The molecule has 0 aliphatic carbocycles. The van der Waals surface area contributed by atoms with Gasteiger partial charge in [-0.05, 0) is 33.8 Å². The van der Waals surface area contributed by atoms with Gasteiger partial charge in [0.1, 0.15) is 11.5 Å². The molecule has 1 aromatic rings. The van der Waals surface area contributed by atoms with E-state index in [1.807, 2.05) is 26.8 Å². The number of hydrogen-bond acceptors (Lipinski definition) is 3. The molecule has 0 aliphatic heterocycles. The van der Waals surface area contributed by atoms with Crippen LogP contribution in [0.2, 0.25) is 0 Å². The van der Waals surface area contributed by atoms with Crippen LogP contribution in [0, 0.1) is 13.8 Å². The van der Waals surface area contributed by atoms with Crippen molar-refractivity contribution in [1.29, 1.82) is 0 Å². The fourth-order valence-electron chi connectivity index (χ4n) is 1.67. The van der Waals surface area contributed by atoms with Gasteiger partial charge in [0.15, 0.2) is 0 Å². The number of carbonyl (C=O) groups is 1. The predicted molar refractivity (Wildman–Crippen MR) is 66.0 cm³/mol. The van der Waals surface area contributed by atoms with Crippen LogP contribution in [-0.4, -0.2) is 17.6 Å². The Morgan fingerprint density at radius 2 is 2.24 bits per heavy atom. The summed E-state index contributed by atoms with van der Waals surface area (Å²) in [4.78, 5) is 10.6. The van der Waals surface area contributed by atoms with Gasteiger partial charge in [0.25, 0.3) is 0 Å². The van der Waals surface area contributed by atoms with Crippen molar-refractivity contribution in [3.63, 3.8) is 0 Å². The van der Waals surface area contributed by atoms with E-state index < -0.39 is 5.97 Å². The quantitative estimate of drug-likeness (QED) is 0.773. The number of furan rings is 1. The van der Waals surface area contributed by atoms with Gasteiger partial charge in [-0.2, -0.15) is 0 Å². The van der Waals surface area contributed by atoms with E-state index in [1.54, 1.807) is 13.0 Å². The highest BCUT2D eigenvalue weighted by Crippen LogP contribution is 2.20. The summed E-state index contributed by atoms with van der Waals surface area (Å²) in [5.74, 6) is 0.916. The molecule has 0 radical (unpaired) electrons. The molecule has 0 aliphatic rings. The molecule has 1 aromatic heterocycles. The Hall–Kier alpha value is -1.55. The number of aliphatic carboxylic acids is 1. The van der Waals surface area contributed by atoms with Gasteiger partial charge in [0.2, 0.25) is 0 Å². The smallest absolute Gasteiger partial charge is 0.330 e. The van der Waals surface area contributed by atoms with Gasteiger partial charge in [-0.3, -0.25) is 0 Å². The van der Waals surface area contributed by atoms with Crippen molar-refractivity contribution in [1.82, 2.24) is 5.32 Å². The zero-order chi connectivity index (χ0) is 13.0. The lowest BCUT2D eigenvalue weighted by atomic mass is 10.1. The molecule has 0 saturated carbocycles. The molecule has 1 rings (SSSR count). The summed E-state index contributed by atoms with van der Waals surface area (Å²) in [5, 5.41) is 11.9. The third-order valence-electron chi connectivity index (χ3n) is 2.72. The average Bonchev–Trinajstić information content (AvgIpc) is 2.57. The maximum Gasteiger partial charge on any atom is 0.330 e. The minimum absolute atomic E-state index is 0.144. The lowest BCUT2D eigenvalue weighted by molar-refractivity contribution is -0.132. The maximum absolute atomic E-state index is 10.6. The fraction of sp³-hybridized carbons (Fsp3) is 0.462. The molecule has 1 heterocycles. The summed E-state index contributed by atoms with van der Waals surface area (Å²) in [6, 6.07) is 2.14. The zero-order valence-corrected chi connectivity index (χ0v) is 10.7. The molecule has 4 nitrogen and oxygen atoms in total. The molecule has 4 heteroatoms. The number of aryl methyl sites for hydroxylation is 2. The first kappa shape index (κ1) is 13.5. The lowest BCUT2D eigenvalue weighted by Crippen LogP contribution is -2.19. The second-order valence-corrected chi connectivity index (χ2v) is 4.19. The second-order valence-electron chi connectivity index (χ2n) is 4.19. The van der Waals surface area contributed by atoms with Crippen LogP contribution in [0.3, 0.4) is 0 Å². The maximum atomic E-state index is 10.6. The van der Waals surface area contributed by atoms with Crippen molar-refractivity contribution < 1.29 is 14.3 Å². The van der Waals surface area contributed by atoms with E-state index >= 15 is 0 Å². The summed E-state index contributed by atoms with van der Waals surface area (Å²) in [6.07, 6.45) is 1.67. The highest BCUT2D eigenvalue weighted by atomic mass is 16.4. The van der Waals surface area contributed by atoms with Crippen LogP contribution in [0.5, 0.6) is 0 Å². The van der Waals surface area contributed by atoms with Gasteiger partial charge >= 0.3 is 5.97 Å². The van der Waals surface area contributed by atoms with Crippen molar-refractivity contribution in [3.05, 3.63) is 34.8 Å². The molecule has 0 bridgehead atoms. The lowest BCUT2D eigenvalue weighted by Gasteiger charge is -2.11. The van der Waals surface area contributed by atoms with Crippen LogP contribution in [0.4, 0.5) is 0 Å². The van der Waals surface area contributed by atoms with Crippen LogP contribution in [0.1, 0.15) is 37.0 Å². The Bertz CT molecular complexity index is 432. The molecule has 0 spiro atoms. The zero-order valence-electron chi connectivity index (χ0n) is 10.7. The summed E-state index contributed by atoms with van der Waals surface area (Å²) in [5.41, 5.74) is 1.47. The van der Waals surface area contributed by atoms with Crippen molar-refractivity contribution in [2.45, 2.75) is 33.7 Å². The standard InChI is InChI=1S/C13H19NO3/c1-8(13(15)16)5-6-14-10(3)12-7-9(2)17-11(12)4/h5,7,10,14H,6H2,1-4H3,(H,15,16)/b8-5-. The van der Waals surface area contributed by atoms with Crippen molar-refractivity contribution in [2.75, 3.05) is 6.54 Å². The van der Waals surface area contributed by atoms with Crippen LogP contribution in [-0.2, 0) is 4.79 Å². The average molecular weight is 237 g/mol. The van der Waals surface area contributed by atoms with E-state index in [-0.39, 0.29) is 6.04 Å². The van der Waals surface area contributed by atoms with Crippen molar-refractivity contribution in [2.24, 2.45) is 0 Å². The molecule has 17 heavy (non-hydrogen) atoms. The summed E-state index contributed by atoms with van der Waals surface area (Å²) in [7, 11) is 0. The van der Waals surface area contributed by atoms with Crippen LogP contribution in [0.15, 0.2) is 22.1 Å². The van der Waals surface area contributed by atoms with E-state index in [9.17, 15) is 4.79 Å². The Morgan fingerprint density at radius 1 is 1.59 bits per heavy atom. The highest BCUT2D eigenvalue weighted by Gasteiger charge is 2.11. The minimum atomic E-state index is -0.880. The molecule has 0 saturated heterocycles. The summed E-state index contributed by atoms with van der Waals surface area (Å²) in [6.45, 7) is 7.99. The molecule has 1 unspecified atom stereocenters. The first-order chi connectivity index (χ1) is 7.91. The third-order valence-corrected chi connectivity index (χ3v) is 2.72. The van der Waals surface area contributed by atoms with E-state index in [4.69, 9.17) is 9.52 Å². The predicted octanol–water partition coefficient (Wildman–Crippen LogP) is 2.58. The Labute approximate surface area is 101 Å². The fourth-order valence-corrected chi connectivity index (χ4v) is 1.67. The first-order valence-electron chi connectivity index (χ1n) is 5.62. The first-order valence-corrected chi connectivity index (χ1v) is 5.62. The number of hydrogen-bond donors (Lipinski definition) is 2. The molecule has 94 valence electrons. The normalized spacial score (nSPS) is 13.8. The van der Waals surface area contributed by atoms with E-state index in [0.29, 0.717) is 12.1 Å². The van der Waals surface area contributed by atoms with Gasteiger partial charge in [0, 0.05) is 23.7 Å². The Balaban J connectivity index is 2.56. The third kappa shape index (κ3) is 3.75. The van der Waals surface area contributed by atoms with Gasteiger partial charge in [-0.1, -0.05) is 6.08 Å². The topological polar surface area (TPSA) is 62.5 Å². The number of carboxylic acid groups (broad SMARTS) is 1. The Morgan fingerprint density at radius 3 is 2.71 bits per heavy atom. The summed E-state index contributed by atoms with van der Waals surface area (Å²) < 4.78 is 5.45. The van der Waals surface area contributed by atoms with Gasteiger partial charge in [-0.25, -0.2) is 4.79 Å². The van der Waals surface area contributed by atoms with Gasteiger partial charge < -0.3 is 14.8 Å². The number of nitrogens with one attached hydrogen (secondary N) is 1. The second kappa shape index (κ2) is 5.68. The molecule has 2 N–H and O–H groups in total. The van der Waals surface area contributed by atoms with E-state index in [0.717, 1.165) is 17.1 Å². The van der Waals surface area contributed by atoms with Crippen LogP contribution >= 0.6 is 0 Å².